The number of benzene rings is 10. The van der Waals surface area contributed by atoms with Crippen LogP contribution in [0.4, 0.5) is 0 Å². The van der Waals surface area contributed by atoms with Crippen LogP contribution in [0, 0.1) is 0 Å². The highest BCUT2D eigenvalue weighted by Gasteiger charge is 2.36. The molecular formula is C59H40N2. The van der Waals surface area contributed by atoms with Gasteiger partial charge in [-0.15, -0.1) is 0 Å². The number of hydrogen-bond acceptors (Lipinski definition) is 2. The van der Waals surface area contributed by atoms with Gasteiger partial charge in [-0.25, -0.2) is 9.97 Å². The molecule has 1 aliphatic rings. The Kier molecular flexibility index (Phi) is 7.92. The van der Waals surface area contributed by atoms with Gasteiger partial charge in [0.15, 0.2) is 5.82 Å². The molecule has 0 aliphatic heterocycles. The molecule has 12 rings (SSSR count). The summed E-state index contributed by atoms with van der Waals surface area (Å²) >= 11 is 0. The average molecular weight is 777 g/mol. The van der Waals surface area contributed by atoms with Gasteiger partial charge in [0.25, 0.3) is 0 Å². The maximum absolute atomic E-state index is 5.35. The molecule has 0 fully saturated rings. The Morgan fingerprint density at radius 2 is 0.836 bits per heavy atom. The molecule has 0 spiro atoms. The van der Waals surface area contributed by atoms with Crippen molar-refractivity contribution in [1.29, 1.82) is 0 Å². The lowest BCUT2D eigenvalue weighted by atomic mass is 9.81. The van der Waals surface area contributed by atoms with Crippen molar-refractivity contribution in [2.24, 2.45) is 0 Å². The van der Waals surface area contributed by atoms with E-state index >= 15 is 0 Å². The summed E-state index contributed by atoms with van der Waals surface area (Å²) in [6, 6.07) is 74.9. The van der Waals surface area contributed by atoms with Crippen molar-refractivity contribution in [3.8, 4) is 67.3 Å². The standard InChI is InChI=1S/C59H40N2/c1-59(2)53-33-28-40(35-52(53)57-43-21-9-7-16-38(43)27-34-54(57)59)42-29-30-48(45-23-11-10-22-44(42)45)49-31-32-51(47-25-13-12-24-46(47)49)58-60-55(39-17-4-3-5-18-39)36-56(61-58)50-26-14-19-37-15-6-8-20-41(37)50/h3-36H,1-2H3. The maximum atomic E-state index is 5.35. The molecule has 61 heavy (non-hydrogen) atoms. The van der Waals surface area contributed by atoms with Gasteiger partial charge in [-0.1, -0.05) is 202 Å². The summed E-state index contributed by atoms with van der Waals surface area (Å²) in [6.07, 6.45) is 0. The first-order valence-corrected chi connectivity index (χ1v) is 21.2. The first-order chi connectivity index (χ1) is 30.0. The van der Waals surface area contributed by atoms with Gasteiger partial charge < -0.3 is 0 Å². The summed E-state index contributed by atoms with van der Waals surface area (Å²) in [4.78, 5) is 10.6. The molecule has 11 aromatic rings. The number of fused-ring (bicyclic) bond motifs is 8. The summed E-state index contributed by atoms with van der Waals surface area (Å²) in [5.41, 5.74) is 15.2. The zero-order valence-corrected chi connectivity index (χ0v) is 34.0. The molecule has 0 amide bonds. The van der Waals surface area contributed by atoms with Crippen LogP contribution in [0.25, 0.3) is 110 Å². The Labute approximate surface area is 355 Å². The zero-order chi connectivity index (χ0) is 40.7. The SMILES string of the molecule is CC1(C)c2ccc(-c3ccc(-c4ccc(-c5nc(-c6ccccc6)cc(-c6cccc7ccccc67)n5)c5ccccc45)c4ccccc34)cc2-c2c1ccc1ccccc21. The highest BCUT2D eigenvalue weighted by atomic mass is 14.9. The van der Waals surface area contributed by atoms with Crippen molar-refractivity contribution in [1.82, 2.24) is 9.97 Å². The van der Waals surface area contributed by atoms with E-state index < -0.39 is 0 Å². The van der Waals surface area contributed by atoms with Crippen molar-refractivity contribution in [2.45, 2.75) is 19.3 Å². The molecule has 0 radical (unpaired) electrons. The molecule has 2 heteroatoms. The topological polar surface area (TPSA) is 25.8 Å². The van der Waals surface area contributed by atoms with E-state index in [0.717, 1.165) is 33.5 Å². The summed E-state index contributed by atoms with van der Waals surface area (Å²) < 4.78 is 0. The molecule has 0 N–H and O–H groups in total. The molecule has 1 aliphatic carbocycles. The third-order valence-electron chi connectivity index (χ3n) is 13.1. The highest BCUT2D eigenvalue weighted by Crippen LogP contribution is 2.52. The third-order valence-corrected chi connectivity index (χ3v) is 13.1. The Morgan fingerprint density at radius 1 is 0.311 bits per heavy atom. The average Bonchev–Trinajstić information content (AvgIpc) is 3.56. The lowest BCUT2D eigenvalue weighted by molar-refractivity contribution is 0.661. The van der Waals surface area contributed by atoms with Crippen molar-refractivity contribution in [2.75, 3.05) is 0 Å². The molecule has 1 aromatic heterocycles. The van der Waals surface area contributed by atoms with Gasteiger partial charge in [-0.2, -0.15) is 0 Å². The van der Waals surface area contributed by atoms with Gasteiger partial charge in [-0.05, 0) is 106 Å². The van der Waals surface area contributed by atoms with Gasteiger partial charge >= 0.3 is 0 Å². The predicted octanol–water partition coefficient (Wildman–Crippen LogP) is 15.7. The van der Waals surface area contributed by atoms with E-state index in [-0.39, 0.29) is 5.41 Å². The first-order valence-electron chi connectivity index (χ1n) is 21.2. The zero-order valence-electron chi connectivity index (χ0n) is 34.0. The Balaban J connectivity index is 1.02. The van der Waals surface area contributed by atoms with Gasteiger partial charge in [-0.3, -0.25) is 0 Å². The Bertz CT molecular complexity index is 3560. The van der Waals surface area contributed by atoms with Gasteiger partial charge in [0.2, 0.25) is 0 Å². The second-order valence-corrected chi connectivity index (χ2v) is 16.9. The first kappa shape index (κ1) is 35.3. The molecule has 0 saturated heterocycles. The van der Waals surface area contributed by atoms with Crippen LogP contribution >= 0.6 is 0 Å². The van der Waals surface area contributed by atoms with Crippen LogP contribution in [-0.4, -0.2) is 9.97 Å². The van der Waals surface area contributed by atoms with Gasteiger partial charge in [0.1, 0.15) is 0 Å². The van der Waals surface area contributed by atoms with Crippen LogP contribution in [0.3, 0.4) is 0 Å². The quantitative estimate of drug-likeness (QED) is 0.174. The summed E-state index contributed by atoms with van der Waals surface area (Å²) in [5, 5.41) is 9.72. The molecule has 0 bridgehead atoms. The van der Waals surface area contributed by atoms with Crippen molar-refractivity contribution in [3.63, 3.8) is 0 Å². The minimum absolute atomic E-state index is 0.0717. The minimum Gasteiger partial charge on any atom is -0.228 e. The third kappa shape index (κ3) is 5.56. The number of aromatic nitrogens is 2. The summed E-state index contributed by atoms with van der Waals surface area (Å²) in [5.74, 6) is 0.710. The molecule has 0 saturated carbocycles. The fourth-order valence-corrected chi connectivity index (χ4v) is 10.1. The maximum Gasteiger partial charge on any atom is 0.161 e. The normalized spacial score (nSPS) is 12.9. The summed E-state index contributed by atoms with van der Waals surface area (Å²) in [6.45, 7) is 4.73. The molecule has 2 nitrogen and oxygen atoms in total. The van der Waals surface area contributed by atoms with Crippen molar-refractivity contribution >= 4 is 43.1 Å². The molecule has 0 atom stereocenters. The monoisotopic (exact) mass is 776 g/mol. The number of hydrogen-bond donors (Lipinski definition) is 0. The highest BCUT2D eigenvalue weighted by molar-refractivity contribution is 6.12. The van der Waals surface area contributed by atoms with E-state index in [1.807, 2.05) is 6.07 Å². The van der Waals surface area contributed by atoms with Crippen molar-refractivity contribution < 1.29 is 0 Å². The molecule has 0 unspecified atom stereocenters. The lowest BCUT2D eigenvalue weighted by Crippen LogP contribution is -2.14. The molecular weight excluding hydrogens is 737 g/mol. The molecule has 1 heterocycles. The van der Waals surface area contributed by atoms with E-state index in [9.17, 15) is 0 Å². The van der Waals surface area contributed by atoms with Gasteiger partial charge in [0, 0.05) is 22.1 Å². The molecule has 286 valence electrons. The minimum atomic E-state index is -0.0717. The predicted molar refractivity (Wildman–Crippen MR) is 257 cm³/mol. The summed E-state index contributed by atoms with van der Waals surface area (Å²) in [7, 11) is 0. The van der Waals surface area contributed by atoms with Crippen LogP contribution in [0.1, 0.15) is 25.0 Å². The lowest BCUT2D eigenvalue weighted by Gasteiger charge is -2.22. The fraction of sp³-hybridized carbons (Fsp3) is 0.0508. The van der Waals surface area contributed by atoms with E-state index in [2.05, 4.69) is 214 Å². The van der Waals surface area contributed by atoms with Crippen LogP contribution in [-0.2, 0) is 5.41 Å². The van der Waals surface area contributed by atoms with E-state index in [1.165, 1.54) is 82.2 Å². The smallest absolute Gasteiger partial charge is 0.161 e. The van der Waals surface area contributed by atoms with Crippen LogP contribution < -0.4 is 0 Å². The van der Waals surface area contributed by atoms with Crippen LogP contribution in [0.2, 0.25) is 0 Å². The van der Waals surface area contributed by atoms with Crippen LogP contribution in [0.15, 0.2) is 206 Å². The largest absolute Gasteiger partial charge is 0.228 e. The van der Waals surface area contributed by atoms with E-state index in [1.54, 1.807) is 0 Å². The fourth-order valence-electron chi connectivity index (χ4n) is 10.1. The Morgan fingerprint density at radius 3 is 1.56 bits per heavy atom. The number of rotatable bonds is 5. The van der Waals surface area contributed by atoms with E-state index in [0.29, 0.717) is 5.82 Å². The number of nitrogens with zero attached hydrogens (tertiary/aromatic N) is 2. The van der Waals surface area contributed by atoms with Crippen LogP contribution in [0.5, 0.6) is 0 Å². The van der Waals surface area contributed by atoms with E-state index in [4.69, 9.17) is 9.97 Å². The van der Waals surface area contributed by atoms with Gasteiger partial charge in [0.05, 0.1) is 11.4 Å². The second kappa shape index (κ2) is 13.7. The van der Waals surface area contributed by atoms with Crippen molar-refractivity contribution in [3.05, 3.63) is 217 Å². The molecule has 10 aromatic carbocycles. The Hall–Kier alpha value is -7.68. The second-order valence-electron chi connectivity index (χ2n) is 16.9.